The molecule has 0 bridgehead atoms. The van der Waals surface area contributed by atoms with E-state index in [2.05, 4.69) is 26.0 Å². The zero-order valence-corrected chi connectivity index (χ0v) is 11.8. The van der Waals surface area contributed by atoms with Gasteiger partial charge in [0.15, 0.2) is 0 Å². The fourth-order valence-corrected chi connectivity index (χ4v) is 1.72. The fourth-order valence-electron chi connectivity index (χ4n) is 1.33. The minimum atomic E-state index is -0.296. The molecule has 1 rings (SSSR count). The van der Waals surface area contributed by atoms with E-state index in [1.807, 2.05) is 25.1 Å². The fraction of sp³-hybridized carbons (Fsp3) is 0.308. The standard InChI is InChI=1S/C13H16BrNO2/c1-9-4-5-11(14)12(8-9)15-7-6-10(2)13(16)17-3/h4-6,8,15H,7H2,1-3H3/b10-6+. The number of benzene rings is 1. The number of hydrogen-bond acceptors (Lipinski definition) is 3. The Morgan fingerprint density at radius 2 is 2.24 bits per heavy atom. The smallest absolute Gasteiger partial charge is 0.333 e. The molecule has 0 spiro atoms. The number of carbonyl (C=O) groups excluding carboxylic acids is 1. The monoisotopic (exact) mass is 297 g/mol. The molecule has 0 amide bonds. The molecule has 0 radical (unpaired) electrons. The van der Waals surface area contributed by atoms with Gasteiger partial charge in [0.05, 0.1) is 7.11 Å². The first-order valence-corrected chi connectivity index (χ1v) is 6.09. The normalized spacial score (nSPS) is 11.2. The quantitative estimate of drug-likeness (QED) is 0.685. The van der Waals surface area contributed by atoms with Gasteiger partial charge in [0.2, 0.25) is 0 Å². The summed E-state index contributed by atoms with van der Waals surface area (Å²) in [7, 11) is 1.38. The molecule has 17 heavy (non-hydrogen) atoms. The van der Waals surface area contributed by atoms with Gasteiger partial charge in [-0.2, -0.15) is 0 Å². The van der Waals surface area contributed by atoms with Gasteiger partial charge in [0.25, 0.3) is 0 Å². The van der Waals surface area contributed by atoms with E-state index in [1.165, 1.54) is 12.7 Å². The molecule has 1 aromatic carbocycles. The number of hydrogen-bond donors (Lipinski definition) is 1. The largest absolute Gasteiger partial charge is 0.466 e. The molecule has 3 nitrogen and oxygen atoms in total. The zero-order valence-electron chi connectivity index (χ0n) is 10.2. The Labute approximate surface area is 110 Å². The number of aryl methyl sites for hydroxylation is 1. The van der Waals surface area contributed by atoms with Gasteiger partial charge in [-0.15, -0.1) is 0 Å². The highest BCUT2D eigenvalue weighted by atomic mass is 79.9. The lowest BCUT2D eigenvalue weighted by Crippen LogP contribution is -2.05. The number of carbonyl (C=O) groups is 1. The second-order valence-corrected chi connectivity index (χ2v) is 4.60. The first-order valence-electron chi connectivity index (χ1n) is 5.29. The minimum absolute atomic E-state index is 0.296. The van der Waals surface area contributed by atoms with Crippen LogP contribution in [-0.4, -0.2) is 19.6 Å². The molecule has 0 saturated heterocycles. The van der Waals surface area contributed by atoms with Crippen LogP contribution in [0.2, 0.25) is 0 Å². The van der Waals surface area contributed by atoms with Crippen molar-refractivity contribution in [3.63, 3.8) is 0 Å². The van der Waals surface area contributed by atoms with Gasteiger partial charge < -0.3 is 10.1 Å². The Morgan fingerprint density at radius 1 is 1.53 bits per heavy atom. The van der Waals surface area contributed by atoms with E-state index >= 15 is 0 Å². The Morgan fingerprint density at radius 3 is 2.88 bits per heavy atom. The maximum atomic E-state index is 11.1. The summed E-state index contributed by atoms with van der Waals surface area (Å²) in [4.78, 5) is 11.1. The van der Waals surface area contributed by atoms with E-state index in [9.17, 15) is 4.79 Å². The van der Waals surface area contributed by atoms with Crippen LogP contribution >= 0.6 is 15.9 Å². The van der Waals surface area contributed by atoms with Crippen LogP contribution in [0.1, 0.15) is 12.5 Å². The van der Waals surface area contributed by atoms with Crippen LogP contribution in [0, 0.1) is 6.92 Å². The molecule has 0 atom stereocenters. The van der Waals surface area contributed by atoms with Crippen LogP contribution in [0.3, 0.4) is 0 Å². The SMILES string of the molecule is COC(=O)/C(C)=C/CNc1cc(C)ccc1Br. The van der Waals surface area contributed by atoms with Gasteiger partial charge in [-0.1, -0.05) is 12.1 Å². The summed E-state index contributed by atoms with van der Waals surface area (Å²) in [5.74, 6) is -0.296. The number of rotatable bonds is 4. The van der Waals surface area contributed by atoms with Crippen molar-refractivity contribution in [3.05, 3.63) is 39.9 Å². The number of nitrogens with one attached hydrogen (secondary N) is 1. The third-order valence-corrected chi connectivity index (χ3v) is 3.02. The second kappa shape index (κ2) is 6.45. The molecule has 0 heterocycles. The third-order valence-electron chi connectivity index (χ3n) is 2.33. The molecule has 0 aliphatic carbocycles. The lowest BCUT2D eigenvalue weighted by molar-refractivity contribution is -0.136. The number of esters is 1. The predicted octanol–water partition coefficient (Wildman–Crippen LogP) is 3.29. The molecule has 0 aromatic heterocycles. The number of halogens is 1. The van der Waals surface area contributed by atoms with Crippen molar-refractivity contribution >= 4 is 27.6 Å². The molecule has 0 unspecified atom stereocenters. The summed E-state index contributed by atoms with van der Waals surface area (Å²) >= 11 is 3.47. The predicted molar refractivity (Wildman–Crippen MR) is 73.1 cm³/mol. The summed E-state index contributed by atoms with van der Waals surface area (Å²) < 4.78 is 5.62. The van der Waals surface area contributed by atoms with Crippen LogP contribution in [0.15, 0.2) is 34.3 Å². The lowest BCUT2D eigenvalue weighted by atomic mass is 10.2. The highest BCUT2D eigenvalue weighted by Gasteiger charge is 2.02. The topological polar surface area (TPSA) is 38.3 Å². The van der Waals surface area contributed by atoms with Crippen molar-refractivity contribution in [1.82, 2.24) is 0 Å². The highest BCUT2D eigenvalue weighted by Crippen LogP contribution is 2.23. The number of anilines is 1. The van der Waals surface area contributed by atoms with Gasteiger partial charge >= 0.3 is 5.97 Å². The number of methoxy groups -OCH3 is 1. The molecule has 0 aliphatic heterocycles. The summed E-state index contributed by atoms with van der Waals surface area (Å²) in [6.45, 7) is 4.36. The van der Waals surface area contributed by atoms with Crippen LogP contribution in [0.25, 0.3) is 0 Å². The average Bonchev–Trinajstić information content (AvgIpc) is 2.32. The molecule has 4 heteroatoms. The molecule has 1 N–H and O–H groups in total. The Bertz CT molecular complexity index is 441. The maximum absolute atomic E-state index is 11.1. The van der Waals surface area contributed by atoms with E-state index in [4.69, 9.17) is 0 Å². The summed E-state index contributed by atoms with van der Waals surface area (Å²) in [6.07, 6.45) is 1.81. The highest BCUT2D eigenvalue weighted by molar-refractivity contribution is 9.10. The van der Waals surface area contributed by atoms with Crippen LogP contribution in [0.5, 0.6) is 0 Å². The number of ether oxygens (including phenoxy) is 1. The van der Waals surface area contributed by atoms with Crippen LogP contribution in [-0.2, 0) is 9.53 Å². The van der Waals surface area contributed by atoms with Gasteiger partial charge in [0, 0.05) is 22.3 Å². The first kappa shape index (κ1) is 13.8. The van der Waals surface area contributed by atoms with Gasteiger partial charge in [-0.25, -0.2) is 4.79 Å². The Kier molecular flexibility index (Phi) is 5.22. The van der Waals surface area contributed by atoms with Gasteiger partial charge in [-0.05, 0) is 47.5 Å². The molecular formula is C13H16BrNO2. The minimum Gasteiger partial charge on any atom is -0.466 e. The molecule has 0 fully saturated rings. The molecule has 1 aromatic rings. The van der Waals surface area contributed by atoms with Gasteiger partial charge in [0.1, 0.15) is 0 Å². The lowest BCUT2D eigenvalue weighted by Gasteiger charge is -2.07. The van der Waals surface area contributed by atoms with Crippen molar-refractivity contribution in [2.24, 2.45) is 0 Å². The van der Waals surface area contributed by atoms with E-state index in [1.54, 1.807) is 13.0 Å². The average molecular weight is 298 g/mol. The summed E-state index contributed by atoms with van der Waals surface area (Å²) in [6, 6.07) is 6.07. The Balaban J connectivity index is 2.62. The van der Waals surface area contributed by atoms with E-state index in [0.29, 0.717) is 12.1 Å². The zero-order chi connectivity index (χ0) is 12.8. The van der Waals surface area contributed by atoms with Crippen molar-refractivity contribution < 1.29 is 9.53 Å². The first-order chi connectivity index (χ1) is 8.04. The van der Waals surface area contributed by atoms with Crippen LogP contribution < -0.4 is 5.32 Å². The molecule has 0 saturated carbocycles. The molecule has 92 valence electrons. The van der Waals surface area contributed by atoms with E-state index in [0.717, 1.165) is 10.2 Å². The van der Waals surface area contributed by atoms with Crippen LogP contribution in [0.4, 0.5) is 5.69 Å². The van der Waals surface area contributed by atoms with Crippen molar-refractivity contribution in [3.8, 4) is 0 Å². The van der Waals surface area contributed by atoms with E-state index in [-0.39, 0.29) is 5.97 Å². The summed E-state index contributed by atoms with van der Waals surface area (Å²) in [5.41, 5.74) is 2.80. The second-order valence-electron chi connectivity index (χ2n) is 3.74. The van der Waals surface area contributed by atoms with E-state index < -0.39 is 0 Å². The van der Waals surface area contributed by atoms with Crippen molar-refractivity contribution in [2.45, 2.75) is 13.8 Å². The van der Waals surface area contributed by atoms with Crippen molar-refractivity contribution in [2.75, 3.05) is 19.0 Å². The third kappa shape index (κ3) is 4.23. The Hall–Kier alpha value is -1.29. The van der Waals surface area contributed by atoms with Crippen molar-refractivity contribution in [1.29, 1.82) is 0 Å². The summed E-state index contributed by atoms with van der Waals surface area (Å²) in [5, 5.41) is 3.23. The molecular weight excluding hydrogens is 282 g/mol. The maximum Gasteiger partial charge on any atom is 0.333 e. The van der Waals surface area contributed by atoms with Gasteiger partial charge in [-0.3, -0.25) is 0 Å². The molecule has 0 aliphatic rings.